The molecule has 0 bridgehead atoms. The molecule has 0 amide bonds. The zero-order chi connectivity index (χ0) is 15.0. The molecule has 0 saturated heterocycles. The van der Waals surface area contributed by atoms with Gasteiger partial charge in [0.05, 0.1) is 0 Å². The van der Waals surface area contributed by atoms with Crippen molar-refractivity contribution in [1.29, 1.82) is 0 Å². The smallest absolute Gasteiger partial charge is 0.492 e. The molecule has 4 heteroatoms. The third kappa shape index (κ3) is 4.62. The van der Waals surface area contributed by atoms with Crippen LogP contribution in [0.4, 0.5) is 0 Å². The Hall–Kier alpha value is -1.78. The van der Waals surface area contributed by atoms with Crippen molar-refractivity contribution in [2.45, 2.75) is 26.3 Å². The van der Waals surface area contributed by atoms with Crippen molar-refractivity contribution in [3.63, 3.8) is 0 Å². The number of rotatable bonds is 8. The highest BCUT2D eigenvalue weighted by Crippen LogP contribution is 2.25. The van der Waals surface area contributed by atoms with Crippen LogP contribution in [0.3, 0.4) is 0 Å². The molecule has 2 rings (SSSR count). The van der Waals surface area contributed by atoms with Crippen LogP contribution in [0.1, 0.15) is 20.3 Å². The summed E-state index contributed by atoms with van der Waals surface area (Å²) in [4.78, 5) is 0. The molecule has 0 aliphatic carbocycles. The molecule has 112 valence electrons. The van der Waals surface area contributed by atoms with E-state index >= 15 is 0 Å². The lowest BCUT2D eigenvalue weighted by atomic mass is 10.3. The van der Waals surface area contributed by atoms with E-state index in [1.165, 1.54) is 0 Å². The zero-order valence-electron chi connectivity index (χ0n) is 12.6. The summed E-state index contributed by atoms with van der Waals surface area (Å²) in [6.07, 6.45) is 0.950. The first kappa shape index (κ1) is 15.6. The summed E-state index contributed by atoms with van der Waals surface area (Å²) in [5.74, 6) is 1.59. The van der Waals surface area contributed by atoms with Gasteiger partial charge in [0.25, 0.3) is 0 Å². The van der Waals surface area contributed by atoms with E-state index in [2.05, 4.69) is 6.92 Å². The Morgan fingerprint density at radius 2 is 1.24 bits per heavy atom. The number of hydrogen-bond donors (Lipinski definition) is 0. The van der Waals surface area contributed by atoms with Gasteiger partial charge in [-0.2, -0.15) is 0 Å². The summed E-state index contributed by atoms with van der Waals surface area (Å²) in [5, 5.41) is 0. The predicted octanol–water partition coefficient (Wildman–Crippen LogP) is 4.53. The van der Waals surface area contributed by atoms with Crippen molar-refractivity contribution in [2.75, 3.05) is 6.61 Å². The lowest BCUT2D eigenvalue weighted by Crippen LogP contribution is -2.51. The second-order valence-corrected chi connectivity index (χ2v) is 7.26. The fraction of sp³-hybridized carbons (Fsp3) is 0.294. The summed E-state index contributed by atoms with van der Waals surface area (Å²) in [5.41, 5.74) is 0. The van der Waals surface area contributed by atoms with Gasteiger partial charge in [-0.05, 0) is 37.6 Å². The normalized spacial score (nSPS) is 11.1. The molecule has 0 unspecified atom stereocenters. The van der Waals surface area contributed by atoms with Crippen LogP contribution in [-0.2, 0) is 4.43 Å². The molecule has 0 aliphatic rings. The fourth-order valence-electron chi connectivity index (χ4n) is 2.12. The van der Waals surface area contributed by atoms with Crippen LogP contribution >= 0.6 is 0 Å². The second-order valence-electron chi connectivity index (χ2n) is 4.70. The van der Waals surface area contributed by atoms with Gasteiger partial charge in [-0.15, -0.1) is 0 Å². The first-order chi connectivity index (χ1) is 10.3. The average Bonchev–Trinajstić information content (AvgIpc) is 2.50. The minimum atomic E-state index is -2.78. The molecular formula is C17H22O3Si. The van der Waals surface area contributed by atoms with E-state index in [4.69, 9.17) is 13.3 Å². The Balaban J connectivity index is 2.23. The highest BCUT2D eigenvalue weighted by Gasteiger charge is 2.45. The topological polar surface area (TPSA) is 27.7 Å². The first-order valence-electron chi connectivity index (χ1n) is 7.40. The van der Waals surface area contributed by atoms with E-state index < -0.39 is 8.80 Å². The van der Waals surface area contributed by atoms with Crippen LogP contribution in [0.15, 0.2) is 60.7 Å². The van der Waals surface area contributed by atoms with E-state index in [0.29, 0.717) is 6.61 Å². The van der Waals surface area contributed by atoms with Gasteiger partial charge in [0.15, 0.2) is 0 Å². The van der Waals surface area contributed by atoms with Crippen LogP contribution in [-0.4, -0.2) is 15.4 Å². The largest absolute Gasteiger partial charge is 0.632 e. The van der Waals surface area contributed by atoms with Gasteiger partial charge in [0.1, 0.15) is 11.5 Å². The lowest BCUT2D eigenvalue weighted by Gasteiger charge is -2.29. The summed E-state index contributed by atoms with van der Waals surface area (Å²) < 4.78 is 18.3. The van der Waals surface area contributed by atoms with Gasteiger partial charge < -0.3 is 13.3 Å². The Kier molecular flexibility index (Phi) is 5.84. The van der Waals surface area contributed by atoms with Crippen LogP contribution in [0.5, 0.6) is 11.5 Å². The Morgan fingerprint density at radius 3 is 1.62 bits per heavy atom. The van der Waals surface area contributed by atoms with Gasteiger partial charge >= 0.3 is 8.80 Å². The molecule has 0 aliphatic heterocycles. The summed E-state index contributed by atoms with van der Waals surface area (Å²) in [6, 6.07) is 20.3. The van der Waals surface area contributed by atoms with Gasteiger partial charge in [-0.25, -0.2) is 0 Å². The van der Waals surface area contributed by atoms with Crippen LogP contribution < -0.4 is 8.85 Å². The van der Waals surface area contributed by atoms with Crippen molar-refractivity contribution in [3.05, 3.63) is 60.7 Å². The van der Waals surface area contributed by atoms with Crippen molar-refractivity contribution >= 4 is 8.80 Å². The van der Waals surface area contributed by atoms with Gasteiger partial charge in [0.2, 0.25) is 0 Å². The minimum Gasteiger partial charge on any atom is -0.492 e. The number of benzene rings is 2. The zero-order valence-corrected chi connectivity index (χ0v) is 13.6. The summed E-state index contributed by atoms with van der Waals surface area (Å²) in [6.45, 7) is 4.66. The molecule has 2 aromatic carbocycles. The van der Waals surface area contributed by atoms with Crippen molar-refractivity contribution in [2.24, 2.45) is 0 Å². The maximum atomic E-state index is 6.18. The van der Waals surface area contributed by atoms with Crippen molar-refractivity contribution in [3.8, 4) is 11.5 Å². The number of para-hydroxylation sites is 2. The molecule has 0 N–H and O–H groups in total. The van der Waals surface area contributed by atoms with Crippen molar-refractivity contribution < 1.29 is 13.3 Å². The second kappa shape index (κ2) is 7.86. The fourth-order valence-corrected chi connectivity index (χ4v) is 4.67. The molecule has 0 radical (unpaired) electrons. The maximum absolute atomic E-state index is 6.18. The van der Waals surface area contributed by atoms with Gasteiger partial charge in [-0.1, -0.05) is 43.3 Å². The molecule has 3 nitrogen and oxygen atoms in total. The van der Waals surface area contributed by atoms with Crippen LogP contribution in [0, 0.1) is 0 Å². The molecular weight excluding hydrogens is 280 g/mol. The van der Waals surface area contributed by atoms with Crippen LogP contribution in [0.2, 0.25) is 6.04 Å². The average molecular weight is 302 g/mol. The quantitative estimate of drug-likeness (QED) is 0.671. The van der Waals surface area contributed by atoms with Gasteiger partial charge in [0, 0.05) is 12.7 Å². The molecule has 0 heterocycles. The van der Waals surface area contributed by atoms with E-state index in [1.54, 1.807) is 0 Å². The molecule has 0 fully saturated rings. The Morgan fingerprint density at radius 1 is 0.762 bits per heavy atom. The van der Waals surface area contributed by atoms with E-state index in [9.17, 15) is 0 Å². The third-order valence-corrected chi connectivity index (χ3v) is 5.89. The highest BCUT2D eigenvalue weighted by molar-refractivity contribution is 6.62. The SMILES string of the molecule is CCC[Si](OCC)(Oc1ccccc1)Oc1ccccc1. The monoisotopic (exact) mass is 302 g/mol. The van der Waals surface area contributed by atoms with Gasteiger partial charge in [-0.3, -0.25) is 0 Å². The van der Waals surface area contributed by atoms with Crippen molar-refractivity contribution in [1.82, 2.24) is 0 Å². The molecule has 0 atom stereocenters. The maximum Gasteiger partial charge on any atom is 0.632 e. The summed E-state index contributed by atoms with van der Waals surface area (Å²) >= 11 is 0. The highest BCUT2D eigenvalue weighted by atomic mass is 28.4. The standard InChI is InChI=1S/C17H22O3Si/c1-3-15-21(18-4-2,19-16-11-7-5-8-12-16)20-17-13-9-6-10-14-17/h5-14H,3-4,15H2,1-2H3. The van der Waals surface area contributed by atoms with Crippen LogP contribution in [0.25, 0.3) is 0 Å². The Labute approximate surface area is 127 Å². The third-order valence-electron chi connectivity index (χ3n) is 2.95. The van der Waals surface area contributed by atoms with E-state index in [1.807, 2.05) is 67.6 Å². The molecule has 0 saturated carbocycles. The molecule has 0 spiro atoms. The predicted molar refractivity (Wildman–Crippen MR) is 86.6 cm³/mol. The minimum absolute atomic E-state index is 0.575. The first-order valence-corrected chi connectivity index (χ1v) is 9.33. The molecule has 2 aromatic rings. The van der Waals surface area contributed by atoms with E-state index in [0.717, 1.165) is 24.0 Å². The Bertz CT molecular complexity index is 467. The lowest BCUT2D eigenvalue weighted by molar-refractivity contribution is 0.173. The molecule has 21 heavy (non-hydrogen) atoms. The number of hydrogen-bond acceptors (Lipinski definition) is 3. The summed E-state index contributed by atoms with van der Waals surface area (Å²) in [7, 11) is -2.78. The van der Waals surface area contributed by atoms with E-state index in [-0.39, 0.29) is 0 Å². The molecule has 0 aromatic heterocycles.